The van der Waals surface area contributed by atoms with E-state index in [1.165, 1.54) is 13.1 Å². The summed E-state index contributed by atoms with van der Waals surface area (Å²) in [5, 5.41) is 13.3. The van der Waals surface area contributed by atoms with E-state index in [0.717, 1.165) is 18.9 Å². The number of aliphatic hydroxyl groups excluding tert-OH is 1. The molecule has 0 aromatic carbocycles. The predicted molar refractivity (Wildman–Crippen MR) is 111 cm³/mol. The Morgan fingerprint density at radius 1 is 1.47 bits per heavy atom. The smallest absolute Gasteiger partial charge is 0.343 e. The second-order valence-electron chi connectivity index (χ2n) is 7.26. The summed E-state index contributed by atoms with van der Waals surface area (Å²) in [7, 11) is 0. The molecule has 1 amide bonds. The van der Waals surface area contributed by atoms with Gasteiger partial charge in [-0.15, -0.1) is 0 Å². The van der Waals surface area contributed by atoms with Gasteiger partial charge < -0.3 is 20.1 Å². The largest absolute Gasteiger partial charge is 0.506 e. The number of amides is 1. The number of hydrogen-bond acceptors (Lipinski definition) is 7. The Bertz CT molecular complexity index is 901. The van der Waals surface area contributed by atoms with Crippen LogP contribution in [0.1, 0.15) is 38.7 Å². The lowest BCUT2D eigenvalue weighted by Gasteiger charge is -2.19. The van der Waals surface area contributed by atoms with Gasteiger partial charge in [-0.25, -0.2) is 14.2 Å². The number of ether oxygens (including phenoxy) is 1. The quantitative estimate of drug-likeness (QED) is 0.223. The number of carbonyl (C=O) groups is 2. The number of esters is 1. The highest BCUT2D eigenvalue weighted by atomic mass is 35.5. The number of aromatic nitrogens is 1. The summed E-state index contributed by atoms with van der Waals surface area (Å²) in [6.07, 6.45) is 3.71. The van der Waals surface area contributed by atoms with Crippen LogP contribution in [-0.4, -0.2) is 60.0 Å². The zero-order valence-corrected chi connectivity index (χ0v) is 17.6. The van der Waals surface area contributed by atoms with Gasteiger partial charge in [0.05, 0.1) is 18.2 Å². The molecule has 2 fully saturated rings. The van der Waals surface area contributed by atoms with Gasteiger partial charge in [-0.3, -0.25) is 9.79 Å². The highest BCUT2D eigenvalue weighted by Gasteiger charge is 2.28. The van der Waals surface area contributed by atoms with Crippen LogP contribution >= 0.6 is 11.6 Å². The molecule has 2 heterocycles. The first kappa shape index (κ1) is 22.0. The first-order valence-corrected chi connectivity index (χ1v) is 10.2. The van der Waals surface area contributed by atoms with Crippen LogP contribution < -0.4 is 10.2 Å². The molecular formula is C20H24ClFN4O4. The number of nitrogens with one attached hydrogen (secondary N) is 1. The first-order valence-electron chi connectivity index (χ1n) is 9.82. The van der Waals surface area contributed by atoms with Gasteiger partial charge in [-0.1, -0.05) is 11.6 Å². The topological polar surface area (TPSA) is 104 Å². The molecule has 10 heteroatoms. The maximum absolute atomic E-state index is 14.8. The number of rotatable bonds is 7. The zero-order valence-electron chi connectivity index (χ0n) is 16.8. The van der Waals surface area contributed by atoms with Crippen molar-refractivity contribution in [3.63, 3.8) is 0 Å². The fourth-order valence-corrected chi connectivity index (χ4v) is 3.40. The number of aliphatic hydroxyl groups is 1. The van der Waals surface area contributed by atoms with Crippen LogP contribution in [0.3, 0.4) is 0 Å². The van der Waals surface area contributed by atoms with Crippen molar-refractivity contribution in [3.05, 3.63) is 28.2 Å². The average molecular weight is 439 g/mol. The van der Waals surface area contributed by atoms with Crippen LogP contribution in [0.5, 0.6) is 0 Å². The van der Waals surface area contributed by atoms with Crippen molar-refractivity contribution in [3.8, 4) is 0 Å². The Labute approximate surface area is 178 Å². The predicted octanol–water partition coefficient (Wildman–Crippen LogP) is 2.65. The van der Waals surface area contributed by atoms with Gasteiger partial charge in [0, 0.05) is 32.3 Å². The Hall–Kier alpha value is -2.68. The Morgan fingerprint density at radius 2 is 2.20 bits per heavy atom. The number of halogens is 2. The number of anilines is 1. The third kappa shape index (κ3) is 5.27. The van der Waals surface area contributed by atoms with Crippen molar-refractivity contribution in [1.82, 2.24) is 10.3 Å². The molecule has 1 aliphatic heterocycles. The van der Waals surface area contributed by atoms with Crippen molar-refractivity contribution in [2.75, 3.05) is 24.6 Å². The summed E-state index contributed by atoms with van der Waals surface area (Å²) in [4.78, 5) is 33.5. The summed E-state index contributed by atoms with van der Waals surface area (Å²) >= 11 is 6.23. The van der Waals surface area contributed by atoms with Gasteiger partial charge in [0.2, 0.25) is 5.91 Å². The van der Waals surface area contributed by atoms with Gasteiger partial charge in [-0.2, -0.15) is 0 Å². The van der Waals surface area contributed by atoms with Gasteiger partial charge >= 0.3 is 5.97 Å². The summed E-state index contributed by atoms with van der Waals surface area (Å²) < 4.78 is 19.8. The van der Waals surface area contributed by atoms with E-state index in [1.807, 2.05) is 0 Å². The van der Waals surface area contributed by atoms with Gasteiger partial charge in [0.1, 0.15) is 16.5 Å². The van der Waals surface area contributed by atoms with E-state index in [2.05, 4.69) is 15.3 Å². The SMILES string of the molecule is CCOC(=O)C(C=NC1CC1)=C(O)c1cc(F)c(N2CCC(NC(C)=O)C2)nc1Cl. The van der Waals surface area contributed by atoms with E-state index < -0.39 is 17.5 Å². The summed E-state index contributed by atoms with van der Waals surface area (Å²) in [5.41, 5.74) is -0.327. The summed E-state index contributed by atoms with van der Waals surface area (Å²) in [6, 6.07) is 1.04. The average Bonchev–Trinajstić information content (AvgIpc) is 3.40. The lowest BCUT2D eigenvalue weighted by atomic mass is 10.1. The van der Waals surface area contributed by atoms with Crippen LogP contribution in [0.2, 0.25) is 5.15 Å². The van der Waals surface area contributed by atoms with E-state index in [9.17, 15) is 19.1 Å². The molecule has 8 nitrogen and oxygen atoms in total. The van der Waals surface area contributed by atoms with Crippen LogP contribution in [0.15, 0.2) is 16.6 Å². The van der Waals surface area contributed by atoms with E-state index in [-0.39, 0.29) is 46.7 Å². The standard InChI is InChI=1S/C20H24ClFN4O4/c1-3-30-20(29)15(9-23-12-4-5-12)17(28)14-8-16(22)19(25-18(14)21)26-7-6-13(10-26)24-11(2)27/h8-9,12-13,28H,3-7,10H2,1-2H3,(H,24,27). The van der Waals surface area contributed by atoms with Crippen LogP contribution in [0.4, 0.5) is 10.2 Å². The minimum atomic E-state index is -0.780. The maximum atomic E-state index is 14.8. The van der Waals surface area contributed by atoms with Crippen LogP contribution in [0.25, 0.3) is 5.76 Å². The molecule has 2 N–H and O–H groups in total. The number of hydrogen-bond donors (Lipinski definition) is 2. The Balaban J connectivity index is 1.89. The fraction of sp³-hybridized carbons (Fsp3) is 0.500. The van der Waals surface area contributed by atoms with Crippen LogP contribution in [0, 0.1) is 5.82 Å². The van der Waals surface area contributed by atoms with E-state index in [1.54, 1.807) is 11.8 Å². The van der Waals surface area contributed by atoms with Gasteiger partial charge in [-0.05, 0) is 32.3 Å². The zero-order chi connectivity index (χ0) is 21.8. The molecule has 162 valence electrons. The van der Waals surface area contributed by atoms with Gasteiger partial charge in [0.15, 0.2) is 11.6 Å². The number of nitrogens with zero attached hydrogens (tertiary/aromatic N) is 3. The van der Waals surface area contributed by atoms with Crippen molar-refractivity contribution < 1.29 is 23.8 Å². The van der Waals surface area contributed by atoms with E-state index >= 15 is 0 Å². The van der Waals surface area contributed by atoms with Crippen molar-refractivity contribution in [2.45, 2.75) is 45.2 Å². The number of pyridine rings is 1. The maximum Gasteiger partial charge on any atom is 0.343 e. The minimum Gasteiger partial charge on any atom is -0.506 e. The second kappa shape index (κ2) is 9.42. The molecule has 1 unspecified atom stereocenters. The fourth-order valence-electron chi connectivity index (χ4n) is 3.17. The molecule has 2 aliphatic rings. The highest BCUT2D eigenvalue weighted by Crippen LogP contribution is 2.31. The van der Waals surface area contributed by atoms with E-state index in [4.69, 9.17) is 16.3 Å². The molecule has 0 bridgehead atoms. The molecule has 1 aromatic heterocycles. The Morgan fingerprint density at radius 3 is 2.83 bits per heavy atom. The molecule has 3 rings (SSSR count). The van der Waals surface area contributed by atoms with Crippen molar-refractivity contribution in [2.24, 2.45) is 4.99 Å². The normalized spacial score (nSPS) is 19.7. The Kier molecular flexibility index (Phi) is 6.91. The number of carbonyl (C=O) groups excluding carboxylic acids is 2. The first-order chi connectivity index (χ1) is 14.3. The summed E-state index contributed by atoms with van der Waals surface area (Å²) in [5.74, 6) is -2.16. The van der Waals surface area contributed by atoms with Gasteiger partial charge in [0.25, 0.3) is 0 Å². The molecule has 1 saturated carbocycles. The molecule has 1 aromatic rings. The molecular weight excluding hydrogens is 415 g/mol. The highest BCUT2D eigenvalue weighted by molar-refractivity contribution is 6.31. The molecule has 30 heavy (non-hydrogen) atoms. The van der Waals surface area contributed by atoms with Crippen LogP contribution in [-0.2, 0) is 14.3 Å². The third-order valence-electron chi connectivity index (χ3n) is 4.77. The number of aliphatic imine (C=N–C) groups is 1. The molecule has 0 spiro atoms. The third-order valence-corrected chi connectivity index (χ3v) is 5.06. The monoisotopic (exact) mass is 438 g/mol. The van der Waals surface area contributed by atoms with E-state index in [0.29, 0.717) is 19.5 Å². The lowest BCUT2D eigenvalue weighted by molar-refractivity contribution is -0.137. The molecule has 0 radical (unpaired) electrons. The molecule has 1 saturated heterocycles. The van der Waals surface area contributed by atoms with Crippen molar-refractivity contribution in [1.29, 1.82) is 0 Å². The second-order valence-corrected chi connectivity index (χ2v) is 7.61. The lowest BCUT2D eigenvalue weighted by Crippen LogP contribution is -2.35. The van der Waals surface area contributed by atoms with Crippen molar-refractivity contribution >= 4 is 41.3 Å². The molecule has 1 atom stereocenters. The molecule has 1 aliphatic carbocycles. The summed E-state index contributed by atoms with van der Waals surface area (Å²) in [6.45, 7) is 4.06. The minimum absolute atomic E-state index is 0.0220.